The number of nitrogens with zero attached hydrogens (tertiary/aromatic N) is 3. The molecule has 0 aromatic heterocycles. The van der Waals surface area contributed by atoms with E-state index < -0.39 is 0 Å². The van der Waals surface area contributed by atoms with Gasteiger partial charge in [-0.3, -0.25) is 4.79 Å². The Balaban J connectivity index is 1.60. The highest BCUT2D eigenvalue weighted by Gasteiger charge is 2.32. The molecule has 1 amide bonds. The summed E-state index contributed by atoms with van der Waals surface area (Å²) in [6, 6.07) is 0.475. The van der Waals surface area contributed by atoms with E-state index in [1.54, 1.807) is 0 Å². The summed E-state index contributed by atoms with van der Waals surface area (Å²) in [7, 11) is 2.16. The molecule has 0 atom stereocenters. The van der Waals surface area contributed by atoms with E-state index in [2.05, 4.69) is 42.9 Å². The zero-order valence-corrected chi connectivity index (χ0v) is 13.5. The summed E-state index contributed by atoms with van der Waals surface area (Å²) in [5, 5.41) is 3.54. The summed E-state index contributed by atoms with van der Waals surface area (Å²) in [4.78, 5) is 18.8. The van der Waals surface area contributed by atoms with Gasteiger partial charge in [-0.1, -0.05) is 0 Å². The van der Waals surface area contributed by atoms with Gasteiger partial charge in [0.05, 0.1) is 0 Å². The van der Waals surface area contributed by atoms with Crippen molar-refractivity contribution in [1.29, 1.82) is 0 Å². The molecule has 2 rings (SSSR count). The van der Waals surface area contributed by atoms with Gasteiger partial charge in [-0.05, 0) is 27.8 Å². The van der Waals surface area contributed by atoms with Crippen molar-refractivity contribution in [3.63, 3.8) is 0 Å². The minimum Gasteiger partial charge on any atom is -0.339 e. The first-order chi connectivity index (χ1) is 9.33. The first-order valence-electron chi connectivity index (χ1n) is 7.80. The van der Waals surface area contributed by atoms with Crippen LogP contribution in [0, 0.1) is 0 Å². The number of hydrogen-bond acceptors (Lipinski definition) is 4. The third kappa shape index (κ3) is 4.72. The lowest BCUT2D eigenvalue weighted by Gasteiger charge is -2.43. The number of hydrogen-bond donors (Lipinski definition) is 1. The van der Waals surface area contributed by atoms with E-state index in [0.717, 1.165) is 45.8 Å². The second-order valence-electron chi connectivity index (χ2n) is 7.28. The van der Waals surface area contributed by atoms with Crippen LogP contribution >= 0.6 is 0 Å². The van der Waals surface area contributed by atoms with Gasteiger partial charge in [0.2, 0.25) is 5.91 Å². The summed E-state index contributed by atoms with van der Waals surface area (Å²) in [5.41, 5.74) is 0.139. The van der Waals surface area contributed by atoms with Gasteiger partial charge in [0.15, 0.2) is 0 Å². The van der Waals surface area contributed by atoms with Gasteiger partial charge in [0.25, 0.3) is 0 Å². The zero-order valence-electron chi connectivity index (χ0n) is 13.5. The van der Waals surface area contributed by atoms with Crippen molar-refractivity contribution in [3.8, 4) is 0 Å². The molecular formula is C15H30N4O. The summed E-state index contributed by atoms with van der Waals surface area (Å²) < 4.78 is 0. The largest absolute Gasteiger partial charge is 0.339 e. The second-order valence-corrected chi connectivity index (χ2v) is 7.28. The lowest BCUT2D eigenvalue weighted by molar-refractivity contribution is -0.136. The molecule has 0 aromatic carbocycles. The summed E-state index contributed by atoms with van der Waals surface area (Å²) in [6.45, 7) is 13.6. The van der Waals surface area contributed by atoms with Gasteiger partial charge in [-0.2, -0.15) is 0 Å². The molecule has 2 fully saturated rings. The molecule has 1 N–H and O–H groups in total. The number of nitrogens with one attached hydrogen (secondary N) is 1. The van der Waals surface area contributed by atoms with Crippen molar-refractivity contribution in [1.82, 2.24) is 20.0 Å². The van der Waals surface area contributed by atoms with E-state index in [9.17, 15) is 4.79 Å². The molecule has 5 nitrogen and oxygen atoms in total. The Labute approximate surface area is 123 Å². The lowest BCUT2D eigenvalue weighted by Crippen LogP contribution is -2.63. The highest BCUT2D eigenvalue weighted by atomic mass is 16.2. The fourth-order valence-electron chi connectivity index (χ4n) is 2.87. The monoisotopic (exact) mass is 282 g/mol. The molecule has 2 aliphatic heterocycles. The minimum absolute atomic E-state index is 0.139. The number of carbonyl (C=O) groups excluding carboxylic acids is 1. The molecule has 0 unspecified atom stereocenters. The van der Waals surface area contributed by atoms with Crippen molar-refractivity contribution >= 4 is 5.91 Å². The number of amides is 1. The Morgan fingerprint density at radius 3 is 2.30 bits per heavy atom. The molecule has 20 heavy (non-hydrogen) atoms. The van der Waals surface area contributed by atoms with Crippen molar-refractivity contribution in [3.05, 3.63) is 0 Å². The molecule has 5 heteroatoms. The van der Waals surface area contributed by atoms with Crippen LogP contribution in [0.4, 0.5) is 0 Å². The summed E-state index contributed by atoms with van der Waals surface area (Å²) >= 11 is 0. The maximum atomic E-state index is 12.1. The molecule has 2 saturated heterocycles. The Kier molecular flexibility index (Phi) is 5.04. The quantitative estimate of drug-likeness (QED) is 0.801. The Bertz CT molecular complexity index is 325. The average Bonchev–Trinajstić information content (AvgIpc) is 2.31. The van der Waals surface area contributed by atoms with Gasteiger partial charge in [-0.15, -0.1) is 0 Å². The highest BCUT2D eigenvalue weighted by molar-refractivity contribution is 5.77. The molecule has 2 heterocycles. The predicted octanol–water partition coefficient (Wildman–Crippen LogP) is 0.223. The molecule has 0 bridgehead atoms. The van der Waals surface area contributed by atoms with Crippen LogP contribution in [0.5, 0.6) is 0 Å². The van der Waals surface area contributed by atoms with Crippen LogP contribution in [0.25, 0.3) is 0 Å². The normalized spacial score (nSPS) is 22.9. The van der Waals surface area contributed by atoms with Crippen molar-refractivity contribution in [2.24, 2.45) is 0 Å². The molecular weight excluding hydrogens is 252 g/mol. The first-order valence-corrected chi connectivity index (χ1v) is 7.80. The molecule has 116 valence electrons. The Morgan fingerprint density at radius 2 is 1.75 bits per heavy atom. The molecule has 0 aliphatic carbocycles. The maximum Gasteiger partial charge on any atom is 0.223 e. The topological polar surface area (TPSA) is 38.8 Å². The molecule has 0 saturated carbocycles. The Morgan fingerprint density at radius 1 is 1.15 bits per heavy atom. The Hall–Kier alpha value is -0.650. The van der Waals surface area contributed by atoms with Crippen LogP contribution in [0.3, 0.4) is 0 Å². The van der Waals surface area contributed by atoms with Crippen LogP contribution in [0.15, 0.2) is 0 Å². The highest BCUT2D eigenvalue weighted by Crippen LogP contribution is 2.13. The third-order valence-corrected chi connectivity index (χ3v) is 4.11. The van der Waals surface area contributed by atoms with E-state index in [4.69, 9.17) is 0 Å². The number of rotatable bonds is 4. The fourth-order valence-corrected chi connectivity index (χ4v) is 2.87. The van der Waals surface area contributed by atoms with Gasteiger partial charge < -0.3 is 20.0 Å². The van der Waals surface area contributed by atoms with E-state index >= 15 is 0 Å². The van der Waals surface area contributed by atoms with E-state index in [0.29, 0.717) is 18.4 Å². The number of likely N-dealkylation sites (N-methyl/N-ethyl adjacent to an activating group) is 1. The maximum absolute atomic E-state index is 12.1. The van der Waals surface area contributed by atoms with Gasteiger partial charge >= 0.3 is 0 Å². The van der Waals surface area contributed by atoms with Crippen LogP contribution in [0.2, 0.25) is 0 Å². The second kappa shape index (κ2) is 6.41. The first kappa shape index (κ1) is 15.7. The van der Waals surface area contributed by atoms with Crippen LogP contribution in [-0.4, -0.2) is 85.0 Å². The van der Waals surface area contributed by atoms with Crippen LogP contribution in [0.1, 0.15) is 27.2 Å². The summed E-state index contributed by atoms with van der Waals surface area (Å²) in [6.07, 6.45) is 0.673. The van der Waals surface area contributed by atoms with Crippen molar-refractivity contribution in [2.75, 3.05) is 52.9 Å². The average molecular weight is 282 g/mol. The van der Waals surface area contributed by atoms with E-state index in [1.807, 2.05) is 4.90 Å². The SMILES string of the molecule is CN1CCN(CCC(=O)N2CC(NC(C)(C)C)C2)CC1. The predicted molar refractivity (Wildman–Crippen MR) is 81.8 cm³/mol. The zero-order chi connectivity index (χ0) is 14.8. The minimum atomic E-state index is 0.139. The molecule has 0 radical (unpaired) electrons. The van der Waals surface area contributed by atoms with Crippen LogP contribution < -0.4 is 5.32 Å². The molecule has 2 aliphatic rings. The smallest absolute Gasteiger partial charge is 0.223 e. The number of likely N-dealkylation sites (tertiary alicyclic amines) is 1. The number of carbonyl (C=O) groups is 1. The third-order valence-electron chi connectivity index (χ3n) is 4.11. The lowest BCUT2D eigenvalue weighted by atomic mass is 10.0. The van der Waals surface area contributed by atoms with Crippen molar-refractivity contribution in [2.45, 2.75) is 38.8 Å². The fraction of sp³-hybridized carbons (Fsp3) is 0.933. The summed E-state index contributed by atoms with van der Waals surface area (Å²) in [5.74, 6) is 0.316. The van der Waals surface area contributed by atoms with Gasteiger partial charge in [0.1, 0.15) is 0 Å². The molecule has 0 spiro atoms. The molecule has 0 aromatic rings. The standard InChI is InChI=1S/C15H30N4O/c1-15(2,3)16-13-11-19(12-13)14(20)5-6-18-9-7-17(4)8-10-18/h13,16H,5-12H2,1-4H3. The van der Waals surface area contributed by atoms with Crippen LogP contribution in [-0.2, 0) is 4.79 Å². The number of piperazine rings is 1. The van der Waals surface area contributed by atoms with E-state index in [1.165, 1.54) is 0 Å². The van der Waals surface area contributed by atoms with Crippen molar-refractivity contribution < 1.29 is 4.79 Å². The van der Waals surface area contributed by atoms with Gasteiger partial charge in [0, 0.05) is 63.8 Å². The van der Waals surface area contributed by atoms with E-state index in [-0.39, 0.29) is 5.54 Å². The van der Waals surface area contributed by atoms with Gasteiger partial charge in [-0.25, -0.2) is 0 Å².